The third-order valence-corrected chi connectivity index (χ3v) is 5.56. The summed E-state index contributed by atoms with van der Waals surface area (Å²) in [5.74, 6) is -1.59. The van der Waals surface area contributed by atoms with E-state index in [9.17, 15) is 19.2 Å². The van der Waals surface area contributed by atoms with E-state index in [0.29, 0.717) is 11.3 Å². The van der Waals surface area contributed by atoms with Crippen molar-refractivity contribution in [2.75, 3.05) is 18.5 Å². The van der Waals surface area contributed by atoms with Crippen LogP contribution in [0.5, 0.6) is 0 Å². The molecule has 8 heteroatoms. The van der Waals surface area contributed by atoms with Gasteiger partial charge >= 0.3 is 12.0 Å². The summed E-state index contributed by atoms with van der Waals surface area (Å²) < 4.78 is 4.96. The lowest BCUT2D eigenvalue weighted by Gasteiger charge is -2.22. The molecule has 0 bridgehead atoms. The van der Waals surface area contributed by atoms with Crippen LogP contribution in [0.1, 0.15) is 29.8 Å². The van der Waals surface area contributed by atoms with Crippen molar-refractivity contribution < 1.29 is 23.9 Å². The molecule has 0 saturated carbocycles. The van der Waals surface area contributed by atoms with Crippen molar-refractivity contribution in [1.29, 1.82) is 0 Å². The molecule has 4 amide bonds. The first-order valence-electron chi connectivity index (χ1n) is 10.5. The molecule has 1 aliphatic heterocycles. The second kappa shape index (κ2) is 8.74. The molecule has 3 aromatic rings. The Morgan fingerprint density at radius 1 is 1.00 bits per heavy atom. The fourth-order valence-electron chi connectivity index (χ4n) is 3.82. The van der Waals surface area contributed by atoms with E-state index in [1.165, 1.54) is 6.07 Å². The molecule has 168 valence electrons. The third kappa shape index (κ3) is 4.27. The van der Waals surface area contributed by atoms with Crippen LogP contribution in [-0.2, 0) is 19.9 Å². The number of nitrogens with zero attached hydrogens (tertiary/aromatic N) is 1. The maximum absolute atomic E-state index is 13.2. The predicted octanol–water partition coefficient (Wildman–Crippen LogP) is 3.42. The monoisotopic (exact) mass is 445 g/mol. The third-order valence-electron chi connectivity index (χ3n) is 5.56. The Balaban J connectivity index is 1.49. The molecule has 1 unspecified atom stereocenters. The van der Waals surface area contributed by atoms with Gasteiger partial charge in [-0.15, -0.1) is 0 Å². The lowest BCUT2D eigenvalue weighted by molar-refractivity contribution is -0.133. The highest BCUT2D eigenvalue weighted by atomic mass is 16.5. The lowest BCUT2D eigenvalue weighted by Crippen LogP contribution is -2.42. The van der Waals surface area contributed by atoms with Crippen molar-refractivity contribution in [3.8, 4) is 0 Å². The summed E-state index contributed by atoms with van der Waals surface area (Å²) in [4.78, 5) is 51.1. The van der Waals surface area contributed by atoms with Gasteiger partial charge in [0.15, 0.2) is 0 Å². The van der Waals surface area contributed by atoms with Gasteiger partial charge in [0, 0.05) is 5.69 Å². The van der Waals surface area contributed by atoms with Gasteiger partial charge in [0.05, 0.1) is 12.2 Å². The molecule has 0 aliphatic carbocycles. The predicted molar refractivity (Wildman–Crippen MR) is 123 cm³/mol. The zero-order valence-electron chi connectivity index (χ0n) is 18.3. The number of fused-ring (bicyclic) bond motifs is 1. The van der Waals surface area contributed by atoms with Crippen LogP contribution in [0.3, 0.4) is 0 Å². The largest absolute Gasteiger partial charge is 0.462 e. The molecule has 8 nitrogen and oxygen atoms in total. The number of rotatable bonds is 6. The molecule has 3 aromatic carbocycles. The Morgan fingerprint density at radius 2 is 1.76 bits per heavy atom. The number of ether oxygens (including phenoxy) is 1. The van der Waals surface area contributed by atoms with Gasteiger partial charge in [0.2, 0.25) is 5.91 Å². The van der Waals surface area contributed by atoms with E-state index in [1.807, 2.05) is 36.4 Å². The Hall–Kier alpha value is -4.20. The van der Waals surface area contributed by atoms with Gasteiger partial charge in [-0.05, 0) is 54.4 Å². The Labute approximate surface area is 190 Å². The van der Waals surface area contributed by atoms with Crippen LogP contribution in [-0.4, -0.2) is 41.9 Å². The molecule has 1 heterocycles. The van der Waals surface area contributed by atoms with Gasteiger partial charge in [-0.25, -0.2) is 9.59 Å². The zero-order chi connectivity index (χ0) is 23.6. The van der Waals surface area contributed by atoms with Gasteiger partial charge in [-0.3, -0.25) is 14.5 Å². The molecule has 33 heavy (non-hydrogen) atoms. The van der Waals surface area contributed by atoms with Crippen molar-refractivity contribution in [3.63, 3.8) is 0 Å². The second-order valence-corrected chi connectivity index (χ2v) is 7.86. The number of benzene rings is 3. The summed E-state index contributed by atoms with van der Waals surface area (Å²) in [6.07, 6.45) is 0. The van der Waals surface area contributed by atoms with E-state index in [0.717, 1.165) is 15.7 Å². The standard InChI is InChI=1S/C25H23N3O5/c1-3-33-22(30)18-9-6-10-20(14-18)26-21(29)15-28-23(31)25(2,27-24(28)32)19-12-11-16-7-4-5-8-17(16)13-19/h4-14H,3,15H2,1-2H3,(H,26,29)(H,27,32). The normalized spacial score (nSPS) is 17.7. The number of amides is 4. The Bertz CT molecular complexity index is 1270. The van der Waals surface area contributed by atoms with Crippen LogP contribution in [0.4, 0.5) is 10.5 Å². The molecule has 1 atom stereocenters. The molecular weight excluding hydrogens is 422 g/mol. The molecule has 0 spiro atoms. The Kier molecular flexibility index (Phi) is 5.83. The molecule has 4 rings (SSSR count). The summed E-state index contributed by atoms with van der Waals surface area (Å²) in [6, 6.07) is 18.9. The fraction of sp³-hybridized carbons (Fsp3) is 0.200. The highest BCUT2D eigenvalue weighted by Crippen LogP contribution is 2.31. The minimum atomic E-state index is -1.29. The number of nitrogens with one attached hydrogen (secondary N) is 2. The highest BCUT2D eigenvalue weighted by molar-refractivity contribution is 6.10. The molecule has 0 aromatic heterocycles. The molecule has 1 saturated heterocycles. The van der Waals surface area contributed by atoms with Crippen molar-refractivity contribution in [1.82, 2.24) is 10.2 Å². The van der Waals surface area contributed by atoms with Gasteiger partial charge in [-0.1, -0.05) is 42.5 Å². The van der Waals surface area contributed by atoms with E-state index < -0.39 is 35.9 Å². The van der Waals surface area contributed by atoms with E-state index in [1.54, 1.807) is 38.1 Å². The van der Waals surface area contributed by atoms with Crippen molar-refractivity contribution in [2.24, 2.45) is 0 Å². The van der Waals surface area contributed by atoms with E-state index >= 15 is 0 Å². The number of hydrogen-bond donors (Lipinski definition) is 2. The lowest BCUT2D eigenvalue weighted by atomic mass is 9.90. The number of carbonyl (C=O) groups is 4. The van der Waals surface area contributed by atoms with Crippen molar-refractivity contribution in [2.45, 2.75) is 19.4 Å². The van der Waals surface area contributed by atoms with Crippen LogP contribution in [0.2, 0.25) is 0 Å². The van der Waals surface area contributed by atoms with Gasteiger partial charge in [0.1, 0.15) is 12.1 Å². The summed E-state index contributed by atoms with van der Waals surface area (Å²) in [5, 5.41) is 7.29. The first-order valence-corrected chi connectivity index (χ1v) is 10.5. The Morgan fingerprint density at radius 3 is 2.52 bits per heavy atom. The maximum Gasteiger partial charge on any atom is 0.338 e. The molecule has 1 fully saturated rings. The van der Waals surface area contributed by atoms with Crippen LogP contribution in [0.15, 0.2) is 66.7 Å². The summed E-state index contributed by atoms with van der Waals surface area (Å²) >= 11 is 0. The van der Waals surface area contributed by atoms with Crippen LogP contribution >= 0.6 is 0 Å². The average Bonchev–Trinajstić information content (AvgIpc) is 3.03. The van der Waals surface area contributed by atoms with Gasteiger partial charge in [-0.2, -0.15) is 0 Å². The average molecular weight is 445 g/mol. The topological polar surface area (TPSA) is 105 Å². The van der Waals surface area contributed by atoms with E-state index in [4.69, 9.17) is 4.74 Å². The van der Waals surface area contributed by atoms with Crippen LogP contribution in [0, 0.1) is 0 Å². The fourth-order valence-corrected chi connectivity index (χ4v) is 3.82. The quantitative estimate of drug-likeness (QED) is 0.447. The first kappa shape index (κ1) is 22.0. The minimum absolute atomic E-state index is 0.234. The second-order valence-electron chi connectivity index (χ2n) is 7.86. The number of esters is 1. The van der Waals surface area contributed by atoms with E-state index in [-0.39, 0.29) is 12.2 Å². The number of hydrogen-bond acceptors (Lipinski definition) is 5. The van der Waals surface area contributed by atoms with Gasteiger partial charge in [0.25, 0.3) is 5.91 Å². The van der Waals surface area contributed by atoms with Crippen LogP contribution in [0.25, 0.3) is 10.8 Å². The SMILES string of the molecule is CCOC(=O)c1cccc(NC(=O)CN2C(=O)NC(C)(c3ccc4ccccc4c3)C2=O)c1. The molecular formula is C25H23N3O5. The van der Waals surface area contributed by atoms with E-state index in [2.05, 4.69) is 10.6 Å². The summed E-state index contributed by atoms with van der Waals surface area (Å²) in [6.45, 7) is 3.10. The molecule has 0 radical (unpaired) electrons. The van der Waals surface area contributed by atoms with Gasteiger partial charge < -0.3 is 15.4 Å². The maximum atomic E-state index is 13.2. The number of imide groups is 1. The number of carbonyl (C=O) groups excluding carboxylic acids is 4. The minimum Gasteiger partial charge on any atom is -0.462 e. The number of urea groups is 1. The zero-order valence-corrected chi connectivity index (χ0v) is 18.3. The smallest absolute Gasteiger partial charge is 0.338 e. The molecule has 1 aliphatic rings. The number of anilines is 1. The summed E-state index contributed by atoms with van der Waals surface area (Å²) in [5.41, 5.74) is -0.0152. The van der Waals surface area contributed by atoms with Crippen molar-refractivity contribution >= 4 is 40.3 Å². The first-order chi connectivity index (χ1) is 15.8. The molecule has 2 N–H and O–H groups in total. The summed E-state index contributed by atoms with van der Waals surface area (Å²) in [7, 11) is 0. The van der Waals surface area contributed by atoms with Crippen LogP contribution < -0.4 is 10.6 Å². The van der Waals surface area contributed by atoms with Crippen molar-refractivity contribution in [3.05, 3.63) is 77.9 Å². The highest BCUT2D eigenvalue weighted by Gasteiger charge is 2.49.